The van der Waals surface area contributed by atoms with E-state index in [1.807, 2.05) is 0 Å². The summed E-state index contributed by atoms with van der Waals surface area (Å²) in [6.45, 7) is 8.95. The van der Waals surface area contributed by atoms with E-state index in [9.17, 15) is 4.79 Å². The molecule has 3 nitrogen and oxygen atoms in total. The standard InChI is InChI=1S/C17H29NO2/c1-11-8-9-13-14(10-11)20-15-7-5-6-12(2)16(19)18(15)17(13,3)4/h11-15H,5-10H2,1-4H3/t11-,12+,13+,14-,15+/m1/s1. The second kappa shape index (κ2) is 5.01. The third-order valence-electron chi connectivity index (χ3n) is 5.95. The molecule has 0 aromatic heterocycles. The Bertz CT molecular complexity index is 392. The molecule has 0 spiro atoms. The number of carbonyl (C=O) groups is 1. The SMILES string of the molecule is C[C@@H]1CC[C@H]2[C@@H](C1)O[C@H]1CCC[C@H](C)C(=O)N1C2(C)C. The van der Waals surface area contributed by atoms with Crippen molar-refractivity contribution in [3.05, 3.63) is 0 Å². The molecule has 1 aliphatic carbocycles. The summed E-state index contributed by atoms with van der Waals surface area (Å²) in [5.41, 5.74) is -0.0522. The van der Waals surface area contributed by atoms with Crippen molar-refractivity contribution in [2.24, 2.45) is 17.8 Å². The quantitative estimate of drug-likeness (QED) is 0.678. The molecule has 0 N–H and O–H groups in total. The van der Waals surface area contributed by atoms with Crippen LogP contribution in [0.25, 0.3) is 0 Å². The molecule has 1 amide bonds. The fourth-order valence-corrected chi connectivity index (χ4v) is 4.68. The molecular weight excluding hydrogens is 250 g/mol. The number of fused-ring (bicyclic) bond motifs is 2. The Hall–Kier alpha value is -0.570. The van der Waals surface area contributed by atoms with Crippen molar-refractivity contribution in [2.75, 3.05) is 0 Å². The van der Waals surface area contributed by atoms with Crippen molar-refractivity contribution in [1.29, 1.82) is 0 Å². The van der Waals surface area contributed by atoms with Crippen LogP contribution >= 0.6 is 0 Å². The maximum Gasteiger partial charge on any atom is 0.227 e. The number of ether oxygens (including phenoxy) is 1. The lowest BCUT2D eigenvalue weighted by atomic mass is 9.69. The van der Waals surface area contributed by atoms with Crippen LogP contribution in [-0.4, -0.2) is 28.7 Å². The minimum atomic E-state index is -0.0522. The molecule has 20 heavy (non-hydrogen) atoms. The van der Waals surface area contributed by atoms with Gasteiger partial charge in [0.2, 0.25) is 5.91 Å². The lowest BCUT2D eigenvalue weighted by Crippen LogP contribution is -2.66. The van der Waals surface area contributed by atoms with Gasteiger partial charge in [-0.15, -0.1) is 0 Å². The summed E-state index contributed by atoms with van der Waals surface area (Å²) in [6, 6.07) is 0. The number of carbonyl (C=O) groups excluding carboxylic acids is 1. The first-order valence-corrected chi connectivity index (χ1v) is 8.40. The number of hydrogen-bond acceptors (Lipinski definition) is 2. The molecule has 0 unspecified atom stereocenters. The van der Waals surface area contributed by atoms with E-state index in [-0.39, 0.29) is 17.7 Å². The van der Waals surface area contributed by atoms with Gasteiger partial charge in [0, 0.05) is 17.4 Å². The molecule has 0 bridgehead atoms. The molecule has 2 aliphatic heterocycles. The van der Waals surface area contributed by atoms with E-state index in [0.717, 1.165) is 25.2 Å². The van der Waals surface area contributed by atoms with Crippen LogP contribution < -0.4 is 0 Å². The van der Waals surface area contributed by atoms with E-state index in [0.29, 0.717) is 17.9 Å². The maximum atomic E-state index is 12.8. The lowest BCUT2D eigenvalue weighted by Gasteiger charge is -2.57. The second-order valence-electron chi connectivity index (χ2n) is 7.85. The maximum absolute atomic E-state index is 12.8. The predicted octanol–water partition coefficient (Wildman–Crippen LogP) is 3.57. The van der Waals surface area contributed by atoms with Gasteiger partial charge in [-0.05, 0) is 51.9 Å². The summed E-state index contributed by atoms with van der Waals surface area (Å²) < 4.78 is 6.40. The Morgan fingerprint density at radius 2 is 1.90 bits per heavy atom. The van der Waals surface area contributed by atoms with Crippen molar-refractivity contribution < 1.29 is 9.53 Å². The number of amides is 1. The number of hydrogen-bond donors (Lipinski definition) is 0. The molecule has 3 aliphatic rings. The van der Waals surface area contributed by atoms with E-state index >= 15 is 0 Å². The fraction of sp³-hybridized carbons (Fsp3) is 0.941. The van der Waals surface area contributed by atoms with E-state index in [1.165, 1.54) is 19.3 Å². The van der Waals surface area contributed by atoms with Crippen molar-refractivity contribution in [2.45, 2.75) is 84.1 Å². The van der Waals surface area contributed by atoms with Crippen LogP contribution in [0.1, 0.15) is 66.2 Å². The van der Waals surface area contributed by atoms with Gasteiger partial charge in [-0.2, -0.15) is 0 Å². The predicted molar refractivity (Wildman–Crippen MR) is 79.1 cm³/mol. The molecule has 0 aromatic carbocycles. The van der Waals surface area contributed by atoms with Crippen LogP contribution in [0.3, 0.4) is 0 Å². The van der Waals surface area contributed by atoms with E-state index in [2.05, 4.69) is 32.6 Å². The molecule has 2 saturated heterocycles. The summed E-state index contributed by atoms with van der Waals surface area (Å²) in [4.78, 5) is 14.9. The largest absolute Gasteiger partial charge is 0.355 e. The summed E-state index contributed by atoms with van der Waals surface area (Å²) in [6.07, 6.45) is 7.15. The minimum Gasteiger partial charge on any atom is -0.355 e. The fourth-order valence-electron chi connectivity index (χ4n) is 4.68. The highest BCUT2D eigenvalue weighted by atomic mass is 16.5. The Balaban J connectivity index is 1.91. The molecule has 3 rings (SSSR count). The smallest absolute Gasteiger partial charge is 0.227 e. The summed E-state index contributed by atoms with van der Waals surface area (Å²) in [5.74, 6) is 1.74. The van der Waals surface area contributed by atoms with Gasteiger partial charge in [0.1, 0.15) is 6.23 Å². The van der Waals surface area contributed by atoms with Crippen molar-refractivity contribution in [1.82, 2.24) is 4.90 Å². The molecule has 2 heterocycles. The zero-order valence-corrected chi connectivity index (χ0v) is 13.4. The summed E-state index contributed by atoms with van der Waals surface area (Å²) in [5, 5.41) is 0. The normalized spacial score (nSPS) is 44.5. The van der Waals surface area contributed by atoms with Crippen LogP contribution in [0.2, 0.25) is 0 Å². The van der Waals surface area contributed by atoms with Gasteiger partial charge in [-0.25, -0.2) is 0 Å². The second-order valence-corrected chi connectivity index (χ2v) is 7.85. The van der Waals surface area contributed by atoms with E-state index in [1.54, 1.807) is 0 Å². The molecule has 0 aromatic rings. The third kappa shape index (κ3) is 2.18. The highest BCUT2D eigenvalue weighted by Gasteiger charge is 2.53. The molecular formula is C17H29NO2. The first-order chi connectivity index (χ1) is 9.41. The number of rotatable bonds is 0. The van der Waals surface area contributed by atoms with Crippen molar-refractivity contribution >= 4 is 5.91 Å². The zero-order valence-electron chi connectivity index (χ0n) is 13.4. The average Bonchev–Trinajstić information content (AvgIpc) is 2.49. The van der Waals surface area contributed by atoms with Gasteiger partial charge in [-0.1, -0.05) is 20.3 Å². The van der Waals surface area contributed by atoms with Gasteiger partial charge < -0.3 is 9.64 Å². The zero-order chi connectivity index (χ0) is 14.5. The highest BCUT2D eigenvalue weighted by Crippen LogP contribution is 2.47. The molecule has 3 heteroatoms. The van der Waals surface area contributed by atoms with Crippen LogP contribution in [0, 0.1) is 17.8 Å². The molecule has 1 saturated carbocycles. The lowest BCUT2D eigenvalue weighted by molar-refractivity contribution is -0.231. The Morgan fingerprint density at radius 3 is 2.65 bits per heavy atom. The average molecular weight is 279 g/mol. The minimum absolute atomic E-state index is 0.0222. The van der Waals surface area contributed by atoms with Crippen LogP contribution in [0.15, 0.2) is 0 Å². The van der Waals surface area contributed by atoms with E-state index in [4.69, 9.17) is 4.74 Å². The van der Waals surface area contributed by atoms with E-state index < -0.39 is 0 Å². The topological polar surface area (TPSA) is 29.5 Å². The van der Waals surface area contributed by atoms with Gasteiger partial charge in [0.05, 0.1) is 6.10 Å². The van der Waals surface area contributed by atoms with Crippen LogP contribution in [0.4, 0.5) is 0 Å². The van der Waals surface area contributed by atoms with Crippen LogP contribution in [-0.2, 0) is 9.53 Å². The first kappa shape index (κ1) is 14.4. The van der Waals surface area contributed by atoms with Crippen molar-refractivity contribution in [3.63, 3.8) is 0 Å². The van der Waals surface area contributed by atoms with Crippen molar-refractivity contribution in [3.8, 4) is 0 Å². The van der Waals surface area contributed by atoms with Gasteiger partial charge in [0.15, 0.2) is 0 Å². The van der Waals surface area contributed by atoms with Gasteiger partial charge in [0.25, 0.3) is 0 Å². The molecule has 3 fully saturated rings. The van der Waals surface area contributed by atoms with Gasteiger partial charge >= 0.3 is 0 Å². The Kier molecular flexibility index (Phi) is 3.60. The van der Waals surface area contributed by atoms with Gasteiger partial charge in [-0.3, -0.25) is 4.79 Å². The summed E-state index contributed by atoms with van der Waals surface area (Å²) >= 11 is 0. The highest BCUT2D eigenvalue weighted by molar-refractivity contribution is 5.80. The van der Waals surface area contributed by atoms with Crippen LogP contribution in [0.5, 0.6) is 0 Å². The molecule has 114 valence electrons. The summed E-state index contributed by atoms with van der Waals surface area (Å²) in [7, 11) is 0. The Labute approximate surface area is 123 Å². The molecule has 5 atom stereocenters. The number of nitrogens with zero attached hydrogens (tertiary/aromatic N) is 1. The Morgan fingerprint density at radius 1 is 1.15 bits per heavy atom. The molecule has 0 radical (unpaired) electrons. The monoisotopic (exact) mass is 279 g/mol. The third-order valence-corrected chi connectivity index (χ3v) is 5.95. The first-order valence-electron chi connectivity index (χ1n) is 8.40.